The zero-order valence-corrected chi connectivity index (χ0v) is 11.3. The molecular weight excluding hydrogens is 238 g/mol. The molecule has 1 aromatic heterocycles. The molecule has 0 atom stereocenters. The standard InChI is InChI=1S/C11H19N3O2S/c1-15-9-8-10(16-2)14-11(13-9)12-6-4-5-7-17-3/h8H,4-7H2,1-3H3,(H,12,13,14). The van der Waals surface area contributed by atoms with E-state index in [-0.39, 0.29) is 0 Å². The molecule has 0 saturated carbocycles. The van der Waals surface area contributed by atoms with Crippen molar-refractivity contribution in [2.75, 3.05) is 38.1 Å². The molecule has 1 heterocycles. The maximum atomic E-state index is 5.07. The van der Waals surface area contributed by atoms with Crippen LogP contribution in [0, 0.1) is 0 Å². The molecule has 0 bridgehead atoms. The van der Waals surface area contributed by atoms with E-state index in [1.54, 1.807) is 20.3 Å². The number of thioether (sulfide) groups is 1. The summed E-state index contributed by atoms with van der Waals surface area (Å²) in [5, 5.41) is 3.16. The number of anilines is 1. The van der Waals surface area contributed by atoms with Crippen LogP contribution in [0.5, 0.6) is 11.8 Å². The fourth-order valence-corrected chi connectivity index (χ4v) is 1.76. The highest BCUT2D eigenvalue weighted by atomic mass is 32.2. The van der Waals surface area contributed by atoms with Gasteiger partial charge in [-0.05, 0) is 24.9 Å². The minimum Gasteiger partial charge on any atom is -0.481 e. The number of methoxy groups -OCH3 is 2. The smallest absolute Gasteiger partial charge is 0.229 e. The van der Waals surface area contributed by atoms with Gasteiger partial charge < -0.3 is 14.8 Å². The van der Waals surface area contributed by atoms with Crippen LogP contribution in [0.1, 0.15) is 12.8 Å². The van der Waals surface area contributed by atoms with Crippen LogP contribution in [-0.4, -0.2) is 42.7 Å². The molecule has 5 nitrogen and oxygen atoms in total. The van der Waals surface area contributed by atoms with Crippen molar-refractivity contribution in [1.29, 1.82) is 0 Å². The number of unbranched alkanes of at least 4 members (excludes halogenated alkanes) is 1. The van der Waals surface area contributed by atoms with E-state index in [2.05, 4.69) is 21.5 Å². The Labute approximate surface area is 106 Å². The SMILES string of the molecule is COc1cc(OC)nc(NCCCCSC)n1. The van der Waals surface area contributed by atoms with Gasteiger partial charge in [-0.2, -0.15) is 21.7 Å². The first-order chi connectivity index (χ1) is 8.30. The lowest BCUT2D eigenvalue weighted by Gasteiger charge is -2.08. The van der Waals surface area contributed by atoms with Gasteiger partial charge >= 0.3 is 0 Å². The Kier molecular flexibility index (Phi) is 6.54. The maximum absolute atomic E-state index is 5.07. The van der Waals surface area contributed by atoms with Gasteiger partial charge in [0.1, 0.15) is 0 Å². The highest BCUT2D eigenvalue weighted by Crippen LogP contribution is 2.17. The van der Waals surface area contributed by atoms with Gasteiger partial charge in [0.2, 0.25) is 17.7 Å². The molecule has 0 radical (unpaired) electrons. The molecule has 6 heteroatoms. The molecule has 0 aliphatic heterocycles. The number of ether oxygens (including phenoxy) is 2. The molecule has 0 aromatic carbocycles. The molecule has 0 amide bonds. The summed E-state index contributed by atoms with van der Waals surface area (Å²) in [7, 11) is 3.15. The predicted octanol–water partition coefficient (Wildman–Crippen LogP) is 2.05. The predicted molar refractivity (Wildman–Crippen MR) is 71.2 cm³/mol. The second-order valence-electron chi connectivity index (χ2n) is 3.40. The van der Waals surface area contributed by atoms with Crippen molar-refractivity contribution in [3.63, 3.8) is 0 Å². The molecule has 17 heavy (non-hydrogen) atoms. The maximum Gasteiger partial charge on any atom is 0.229 e. The zero-order valence-electron chi connectivity index (χ0n) is 10.5. The Morgan fingerprint density at radius 1 is 1.18 bits per heavy atom. The summed E-state index contributed by atoms with van der Waals surface area (Å²) in [6.45, 7) is 0.858. The number of rotatable bonds is 8. The van der Waals surface area contributed by atoms with E-state index in [1.807, 2.05) is 11.8 Å². The Morgan fingerprint density at radius 2 is 1.82 bits per heavy atom. The topological polar surface area (TPSA) is 56.3 Å². The number of nitrogens with zero attached hydrogens (tertiary/aromatic N) is 2. The zero-order chi connectivity index (χ0) is 12.5. The molecule has 1 N–H and O–H groups in total. The minimum absolute atomic E-state index is 0.503. The highest BCUT2D eigenvalue weighted by Gasteiger charge is 2.04. The number of nitrogens with one attached hydrogen (secondary N) is 1. The van der Waals surface area contributed by atoms with Crippen molar-refractivity contribution in [2.45, 2.75) is 12.8 Å². The second kappa shape index (κ2) is 8.00. The Balaban J connectivity index is 2.46. The van der Waals surface area contributed by atoms with E-state index >= 15 is 0 Å². The van der Waals surface area contributed by atoms with Crippen LogP contribution in [0.15, 0.2) is 6.07 Å². The average Bonchev–Trinajstić information content (AvgIpc) is 2.38. The minimum atomic E-state index is 0.503. The van der Waals surface area contributed by atoms with E-state index in [0.29, 0.717) is 17.7 Å². The van der Waals surface area contributed by atoms with Crippen LogP contribution in [0.2, 0.25) is 0 Å². The molecular formula is C11H19N3O2S. The summed E-state index contributed by atoms with van der Waals surface area (Å²) >= 11 is 1.86. The van der Waals surface area contributed by atoms with Gasteiger partial charge in [-0.25, -0.2) is 0 Å². The van der Waals surface area contributed by atoms with Crippen LogP contribution in [-0.2, 0) is 0 Å². The van der Waals surface area contributed by atoms with Crippen LogP contribution >= 0.6 is 11.8 Å². The van der Waals surface area contributed by atoms with Gasteiger partial charge in [-0.15, -0.1) is 0 Å². The molecule has 1 aromatic rings. The third-order valence-electron chi connectivity index (χ3n) is 2.16. The van der Waals surface area contributed by atoms with Crippen molar-refractivity contribution in [1.82, 2.24) is 9.97 Å². The molecule has 0 aliphatic carbocycles. The monoisotopic (exact) mass is 257 g/mol. The summed E-state index contributed by atoms with van der Waals surface area (Å²) in [4.78, 5) is 8.38. The van der Waals surface area contributed by atoms with Crippen molar-refractivity contribution in [3.8, 4) is 11.8 Å². The van der Waals surface area contributed by atoms with Crippen molar-refractivity contribution in [3.05, 3.63) is 6.07 Å². The van der Waals surface area contributed by atoms with E-state index in [0.717, 1.165) is 13.0 Å². The van der Waals surface area contributed by atoms with Gasteiger partial charge in [0.15, 0.2) is 0 Å². The third kappa shape index (κ3) is 5.12. The van der Waals surface area contributed by atoms with Crippen molar-refractivity contribution >= 4 is 17.7 Å². The van der Waals surface area contributed by atoms with E-state index in [9.17, 15) is 0 Å². The molecule has 0 saturated heterocycles. The fourth-order valence-electron chi connectivity index (χ4n) is 1.26. The molecule has 1 rings (SSSR count). The number of aromatic nitrogens is 2. The average molecular weight is 257 g/mol. The summed E-state index contributed by atoms with van der Waals surface area (Å²) < 4.78 is 10.1. The molecule has 0 aliphatic rings. The molecule has 0 fully saturated rings. The third-order valence-corrected chi connectivity index (χ3v) is 2.85. The lowest BCUT2D eigenvalue weighted by Crippen LogP contribution is -2.07. The summed E-state index contributed by atoms with van der Waals surface area (Å²) in [6, 6.07) is 1.65. The first-order valence-electron chi connectivity index (χ1n) is 5.50. The Morgan fingerprint density at radius 3 is 2.35 bits per heavy atom. The second-order valence-corrected chi connectivity index (χ2v) is 4.39. The van der Waals surface area contributed by atoms with E-state index in [1.165, 1.54) is 12.2 Å². The van der Waals surface area contributed by atoms with Crippen molar-refractivity contribution < 1.29 is 9.47 Å². The highest BCUT2D eigenvalue weighted by molar-refractivity contribution is 7.98. The Bertz CT molecular complexity index is 314. The molecule has 96 valence electrons. The summed E-state index contributed by atoms with van der Waals surface area (Å²) in [5.41, 5.74) is 0. The van der Waals surface area contributed by atoms with E-state index < -0.39 is 0 Å². The first-order valence-corrected chi connectivity index (χ1v) is 6.89. The van der Waals surface area contributed by atoms with Gasteiger partial charge in [0.05, 0.1) is 20.3 Å². The first kappa shape index (κ1) is 13.9. The fraction of sp³-hybridized carbons (Fsp3) is 0.636. The lowest BCUT2D eigenvalue weighted by atomic mass is 10.3. The number of hydrogen-bond acceptors (Lipinski definition) is 6. The molecule has 0 spiro atoms. The largest absolute Gasteiger partial charge is 0.481 e. The van der Waals surface area contributed by atoms with Crippen molar-refractivity contribution in [2.24, 2.45) is 0 Å². The van der Waals surface area contributed by atoms with Crippen LogP contribution in [0.3, 0.4) is 0 Å². The number of hydrogen-bond donors (Lipinski definition) is 1. The quantitative estimate of drug-likeness (QED) is 0.719. The van der Waals surface area contributed by atoms with Gasteiger partial charge in [-0.3, -0.25) is 0 Å². The Hall–Kier alpha value is -1.17. The normalized spacial score (nSPS) is 10.1. The molecule has 0 unspecified atom stereocenters. The van der Waals surface area contributed by atoms with Gasteiger partial charge in [0, 0.05) is 6.54 Å². The van der Waals surface area contributed by atoms with Gasteiger partial charge in [0.25, 0.3) is 0 Å². The summed E-state index contributed by atoms with van der Waals surface area (Å²) in [6.07, 6.45) is 4.41. The van der Waals surface area contributed by atoms with Crippen LogP contribution in [0.4, 0.5) is 5.95 Å². The van der Waals surface area contributed by atoms with Crippen LogP contribution in [0.25, 0.3) is 0 Å². The lowest BCUT2D eigenvalue weighted by molar-refractivity contribution is 0.373. The van der Waals surface area contributed by atoms with Crippen LogP contribution < -0.4 is 14.8 Å². The summed E-state index contributed by atoms with van der Waals surface area (Å²) in [5.74, 6) is 2.74. The van der Waals surface area contributed by atoms with Gasteiger partial charge in [-0.1, -0.05) is 0 Å². The van der Waals surface area contributed by atoms with E-state index in [4.69, 9.17) is 9.47 Å².